The molecule has 0 aliphatic carbocycles. The Labute approximate surface area is 581 Å². The molecule has 0 aromatic heterocycles. The van der Waals surface area contributed by atoms with Crippen molar-refractivity contribution in [1.82, 2.24) is 0 Å². The van der Waals surface area contributed by atoms with Gasteiger partial charge < -0.3 is 33.8 Å². The Kier molecular flexibility index (Phi) is 66.5. The van der Waals surface area contributed by atoms with E-state index in [2.05, 4.69) is 41.5 Å². The summed E-state index contributed by atoms with van der Waals surface area (Å²) in [6, 6.07) is 0. The van der Waals surface area contributed by atoms with Gasteiger partial charge in [0.25, 0.3) is 0 Å². The van der Waals surface area contributed by atoms with E-state index in [1.165, 1.54) is 199 Å². The number of esters is 4. The second-order valence-electron chi connectivity index (χ2n) is 28.3. The number of phosphoric acid groups is 2. The molecule has 5 atom stereocenters. The summed E-state index contributed by atoms with van der Waals surface area (Å²) in [6.45, 7) is 9.61. The third-order valence-electron chi connectivity index (χ3n) is 17.7. The van der Waals surface area contributed by atoms with Gasteiger partial charge in [0.05, 0.1) is 26.4 Å². The SMILES string of the molecule is CCCCCCCCCCCCCCC(=O)O[C@H](COC(=O)CCCCCCCCC)COP(=O)(O)OC[C@H](O)COP(=O)(O)OC[C@@H](COC(=O)CCCCCCCCCCCCCCCCCC(C)C)OC(=O)CCCCCCCCCCCCCCCCCC(C)C. The van der Waals surface area contributed by atoms with Gasteiger partial charge in [-0.3, -0.25) is 37.3 Å². The Balaban J connectivity index is 5.18. The molecule has 3 N–H and O–H groups in total. The highest BCUT2D eigenvalue weighted by molar-refractivity contribution is 7.47. The second kappa shape index (κ2) is 67.9. The summed E-state index contributed by atoms with van der Waals surface area (Å²) in [6.07, 6.45) is 55.6. The van der Waals surface area contributed by atoms with Crippen LogP contribution in [0.4, 0.5) is 0 Å². The Bertz CT molecular complexity index is 1840. The molecule has 95 heavy (non-hydrogen) atoms. The molecule has 564 valence electrons. The molecule has 0 spiro atoms. The molecule has 0 saturated heterocycles. The fraction of sp³-hybridized carbons (Fsp3) is 0.947. The molecule has 19 heteroatoms. The predicted molar refractivity (Wildman–Crippen MR) is 386 cm³/mol. The lowest BCUT2D eigenvalue weighted by Gasteiger charge is -2.21. The van der Waals surface area contributed by atoms with Crippen LogP contribution in [0.15, 0.2) is 0 Å². The Morgan fingerprint density at radius 2 is 0.484 bits per heavy atom. The van der Waals surface area contributed by atoms with Crippen LogP contribution >= 0.6 is 15.6 Å². The fourth-order valence-corrected chi connectivity index (χ4v) is 13.2. The summed E-state index contributed by atoms with van der Waals surface area (Å²) in [5.41, 5.74) is 0. The number of carbonyl (C=O) groups is 4. The van der Waals surface area contributed by atoms with Gasteiger partial charge in [-0.15, -0.1) is 0 Å². The smallest absolute Gasteiger partial charge is 0.462 e. The highest BCUT2D eigenvalue weighted by Crippen LogP contribution is 2.45. The van der Waals surface area contributed by atoms with E-state index in [9.17, 15) is 43.2 Å². The van der Waals surface area contributed by atoms with E-state index in [4.69, 9.17) is 37.0 Å². The molecule has 0 aromatic carbocycles. The zero-order chi connectivity index (χ0) is 70.0. The minimum atomic E-state index is -4.96. The first-order chi connectivity index (χ1) is 45.9. The molecule has 0 aromatic rings. The van der Waals surface area contributed by atoms with E-state index >= 15 is 0 Å². The quantitative estimate of drug-likeness (QED) is 0.0222. The van der Waals surface area contributed by atoms with Crippen LogP contribution in [0.2, 0.25) is 0 Å². The lowest BCUT2D eigenvalue weighted by molar-refractivity contribution is -0.161. The van der Waals surface area contributed by atoms with Gasteiger partial charge >= 0.3 is 39.5 Å². The standard InChI is InChI=1S/C76H148O17P2/c1-7-9-11-13-15-16-17-30-36-42-48-54-60-75(80)92-71(64-86-73(78)58-52-46-38-14-12-10-8-2)66-90-94(82,83)88-62-70(77)63-89-95(84,85)91-67-72(93-76(81)61-55-49-43-37-32-27-23-19-21-25-29-34-40-45-51-57-69(5)6)65-87-74(79)59-53-47-41-35-31-26-22-18-20-24-28-33-39-44-50-56-68(3)4/h68-72,77H,7-67H2,1-6H3,(H,82,83)(H,84,85)/t70-,71+,72+/m0/s1. The first-order valence-corrected chi connectivity index (χ1v) is 42.5. The normalized spacial score (nSPS) is 14.0. The Morgan fingerprint density at radius 1 is 0.284 bits per heavy atom. The van der Waals surface area contributed by atoms with Crippen LogP contribution in [0.3, 0.4) is 0 Å². The number of rotatable bonds is 75. The molecular weight excluding hydrogens is 1250 g/mol. The van der Waals surface area contributed by atoms with Crippen LogP contribution in [0.5, 0.6) is 0 Å². The highest BCUT2D eigenvalue weighted by atomic mass is 31.2. The van der Waals surface area contributed by atoms with Crippen molar-refractivity contribution in [2.75, 3.05) is 39.6 Å². The maximum absolute atomic E-state index is 13.1. The average molecular weight is 1400 g/mol. The van der Waals surface area contributed by atoms with Crippen molar-refractivity contribution in [3.05, 3.63) is 0 Å². The third-order valence-corrected chi connectivity index (χ3v) is 19.6. The minimum absolute atomic E-state index is 0.107. The molecule has 0 radical (unpaired) electrons. The van der Waals surface area contributed by atoms with E-state index < -0.39 is 97.5 Å². The number of hydrogen-bond donors (Lipinski definition) is 3. The third kappa shape index (κ3) is 70.3. The van der Waals surface area contributed by atoms with Crippen LogP contribution in [-0.2, 0) is 65.4 Å². The first-order valence-electron chi connectivity index (χ1n) is 39.5. The van der Waals surface area contributed by atoms with Crippen LogP contribution < -0.4 is 0 Å². The maximum Gasteiger partial charge on any atom is 0.472 e. The molecule has 0 heterocycles. The van der Waals surface area contributed by atoms with Gasteiger partial charge in [-0.1, -0.05) is 343 Å². The summed E-state index contributed by atoms with van der Waals surface area (Å²) in [5, 5.41) is 10.6. The van der Waals surface area contributed by atoms with Crippen molar-refractivity contribution in [3.8, 4) is 0 Å². The molecule has 0 fully saturated rings. The van der Waals surface area contributed by atoms with Gasteiger partial charge in [0.1, 0.15) is 19.3 Å². The maximum atomic E-state index is 13.1. The van der Waals surface area contributed by atoms with E-state index in [1.807, 2.05) is 0 Å². The zero-order valence-corrected chi connectivity index (χ0v) is 63.8. The monoisotopic (exact) mass is 1400 g/mol. The van der Waals surface area contributed by atoms with Crippen molar-refractivity contribution in [2.45, 2.75) is 413 Å². The van der Waals surface area contributed by atoms with E-state index in [-0.39, 0.29) is 25.7 Å². The first kappa shape index (κ1) is 93.1. The topological polar surface area (TPSA) is 237 Å². The van der Waals surface area contributed by atoms with Gasteiger partial charge in [0.15, 0.2) is 12.2 Å². The van der Waals surface area contributed by atoms with Crippen LogP contribution in [0.25, 0.3) is 0 Å². The average Bonchev–Trinajstić information content (AvgIpc) is 1.96. The van der Waals surface area contributed by atoms with E-state index in [0.29, 0.717) is 25.7 Å². The van der Waals surface area contributed by atoms with Crippen molar-refractivity contribution < 1.29 is 80.2 Å². The Morgan fingerprint density at radius 3 is 0.716 bits per heavy atom. The van der Waals surface area contributed by atoms with Gasteiger partial charge in [0.2, 0.25) is 0 Å². The van der Waals surface area contributed by atoms with Gasteiger partial charge in [-0.2, -0.15) is 0 Å². The lowest BCUT2D eigenvalue weighted by atomic mass is 10.0. The molecule has 0 bridgehead atoms. The summed E-state index contributed by atoms with van der Waals surface area (Å²) >= 11 is 0. The van der Waals surface area contributed by atoms with Crippen molar-refractivity contribution in [3.63, 3.8) is 0 Å². The fourth-order valence-electron chi connectivity index (χ4n) is 11.7. The minimum Gasteiger partial charge on any atom is -0.462 e. The molecular formula is C76H148O17P2. The van der Waals surface area contributed by atoms with E-state index in [0.717, 1.165) is 115 Å². The van der Waals surface area contributed by atoms with Gasteiger partial charge in [-0.25, -0.2) is 9.13 Å². The summed E-state index contributed by atoms with van der Waals surface area (Å²) < 4.78 is 68.4. The van der Waals surface area contributed by atoms with Crippen LogP contribution in [0.1, 0.15) is 395 Å². The van der Waals surface area contributed by atoms with Gasteiger partial charge in [-0.05, 0) is 37.5 Å². The summed E-state index contributed by atoms with van der Waals surface area (Å²) in [7, 11) is -9.90. The van der Waals surface area contributed by atoms with Gasteiger partial charge in [0, 0.05) is 25.7 Å². The van der Waals surface area contributed by atoms with Crippen LogP contribution in [0, 0.1) is 11.8 Å². The van der Waals surface area contributed by atoms with Crippen molar-refractivity contribution >= 4 is 39.5 Å². The predicted octanol–water partition coefficient (Wildman–Crippen LogP) is 22.3. The zero-order valence-electron chi connectivity index (χ0n) is 62.0. The molecule has 0 aliphatic heterocycles. The lowest BCUT2D eigenvalue weighted by Crippen LogP contribution is -2.30. The number of aliphatic hydroxyl groups excluding tert-OH is 1. The molecule has 0 saturated carbocycles. The van der Waals surface area contributed by atoms with E-state index in [1.54, 1.807) is 0 Å². The number of phosphoric ester groups is 2. The molecule has 0 amide bonds. The molecule has 0 aliphatic rings. The summed E-state index contributed by atoms with van der Waals surface area (Å²) in [4.78, 5) is 72.7. The Hall–Kier alpha value is -1.94. The molecule has 2 unspecified atom stereocenters. The number of unbranched alkanes of at least 4 members (excludes halogenated alkanes) is 45. The largest absolute Gasteiger partial charge is 0.472 e. The molecule has 0 rings (SSSR count). The van der Waals surface area contributed by atoms with Crippen molar-refractivity contribution in [2.24, 2.45) is 11.8 Å². The number of carbonyl (C=O) groups excluding carboxylic acids is 4. The highest BCUT2D eigenvalue weighted by Gasteiger charge is 2.30. The second-order valence-corrected chi connectivity index (χ2v) is 31.3. The van der Waals surface area contributed by atoms with Crippen LogP contribution in [-0.4, -0.2) is 96.7 Å². The number of ether oxygens (including phenoxy) is 4. The summed E-state index contributed by atoms with van der Waals surface area (Å²) in [5.74, 6) is -0.510. The number of aliphatic hydroxyl groups is 1. The molecule has 17 nitrogen and oxygen atoms in total. The number of hydrogen-bond acceptors (Lipinski definition) is 15. The van der Waals surface area contributed by atoms with Crippen molar-refractivity contribution in [1.29, 1.82) is 0 Å².